The second-order valence-corrected chi connectivity index (χ2v) is 2.77. The second kappa shape index (κ2) is 2.17. The molecule has 0 saturated carbocycles. The third-order valence-electron chi connectivity index (χ3n) is 1.71. The van der Waals surface area contributed by atoms with E-state index in [-0.39, 0.29) is 0 Å². The van der Waals surface area contributed by atoms with Crippen molar-refractivity contribution < 1.29 is 0 Å². The molecule has 56 valence electrons. The first-order chi connectivity index (χ1) is 5.29. The van der Waals surface area contributed by atoms with Crippen molar-refractivity contribution in [2.75, 3.05) is 0 Å². The van der Waals surface area contributed by atoms with Crippen molar-refractivity contribution >= 4 is 23.3 Å². The predicted octanol–water partition coefficient (Wildman–Crippen LogP) is 1.63. The Kier molecular flexibility index (Phi) is 1.29. The Hall–Kier alpha value is -1.16. The van der Waals surface area contributed by atoms with Crippen molar-refractivity contribution in [2.24, 2.45) is 7.05 Å². The molecule has 0 aliphatic heterocycles. The van der Waals surface area contributed by atoms with Gasteiger partial charge in [0.15, 0.2) is 4.77 Å². The molecule has 0 aliphatic carbocycles. The highest BCUT2D eigenvalue weighted by Crippen LogP contribution is 2.08. The molecule has 0 aliphatic rings. The van der Waals surface area contributed by atoms with E-state index in [2.05, 4.69) is 9.97 Å². The molecule has 2 heterocycles. The molecule has 11 heavy (non-hydrogen) atoms. The summed E-state index contributed by atoms with van der Waals surface area (Å²) in [5.74, 6) is 0. The van der Waals surface area contributed by atoms with Gasteiger partial charge in [-0.3, -0.25) is 4.98 Å². The molecule has 0 saturated heterocycles. The minimum atomic E-state index is 0.730. The fourth-order valence-electron chi connectivity index (χ4n) is 1.07. The van der Waals surface area contributed by atoms with E-state index in [4.69, 9.17) is 12.2 Å². The minimum absolute atomic E-state index is 0.730. The number of pyridine rings is 1. The summed E-state index contributed by atoms with van der Waals surface area (Å²) in [4.78, 5) is 7.06. The normalized spacial score (nSPS) is 10.6. The number of aromatic amines is 1. The van der Waals surface area contributed by atoms with Crippen LogP contribution in [0.2, 0.25) is 0 Å². The Morgan fingerprint density at radius 1 is 1.64 bits per heavy atom. The molecule has 0 aromatic carbocycles. The smallest absolute Gasteiger partial charge is 0.177 e. The van der Waals surface area contributed by atoms with Crippen molar-refractivity contribution in [3.8, 4) is 0 Å². The number of hydrogen-bond acceptors (Lipinski definition) is 2. The van der Waals surface area contributed by atoms with E-state index in [0.29, 0.717) is 0 Å². The Labute approximate surface area is 68.7 Å². The molecule has 2 aromatic rings. The summed E-state index contributed by atoms with van der Waals surface area (Å²) in [5, 5.41) is 0. The zero-order valence-corrected chi connectivity index (χ0v) is 6.85. The van der Waals surface area contributed by atoms with Crippen LogP contribution in [-0.2, 0) is 7.05 Å². The van der Waals surface area contributed by atoms with Gasteiger partial charge in [0, 0.05) is 13.2 Å². The average molecular weight is 165 g/mol. The molecule has 0 atom stereocenters. The second-order valence-electron chi connectivity index (χ2n) is 2.38. The van der Waals surface area contributed by atoms with Gasteiger partial charge in [0.2, 0.25) is 0 Å². The number of imidazole rings is 1. The summed E-state index contributed by atoms with van der Waals surface area (Å²) in [6, 6.07) is 1.91. The van der Waals surface area contributed by atoms with Gasteiger partial charge in [0.25, 0.3) is 0 Å². The Bertz CT molecular complexity index is 440. The SMILES string of the molecule is Cn1c(=S)[nH]c2ccncc21. The summed E-state index contributed by atoms with van der Waals surface area (Å²) in [5.41, 5.74) is 2.07. The van der Waals surface area contributed by atoms with Crippen LogP contribution >= 0.6 is 12.2 Å². The first kappa shape index (κ1) is 6.54. The zero-order valence-electron chi connectivity index (χ0n) is 6.03. The molecule has 1 N–H and O–H groups in total. The van der Waals surface area contributed by atoms with Crippen LogP contribution in [0.25, 0.3) is 11.0 Å². The highest BCUT2D eigenvalue weighted by Gasteiger charge is 1.97. The van der Waals surface area contributed by atoms with Crippen molar-refractivity contribution in [1.82, 2.24) is 14.5 Å². The van der Waals surface area contributed by atoms with E-state index < -0.39 is 0 Å². The molecule has 0 radical (unpaired) electrons. The number of rotatable bonds is 0. The lowest BCUT2D eigenvalue weighted by Crippen LogP contribution is -1.85. The Morgan fingerprint density at radius 2 is 2.45 bits per heavy atom. The highest BCUT2D eigenvalue weighted by atomic mass is 32.1. The quantitative estimate of drug-likeness (QED) is 0.602. The van der Waals surface area contributed by atoms with Gasteiger partial charge in [-0.1, -0.05) is 0 Å². The summed E-state index contributed by atoms with van der Waals surface area (Å²) >= 11 is 5.03. The van der Waals surface area contributed by atoms with Crippen LogP contribution in [0.4, 0.5) is 0 Å². The lowest BCUT2D eigenvalue weighted by atomic mass is 10.4. The Morgan fingerprint density at radius 3 is 3.18 bits per heavy atom. The van der Waals surface area contributed by atoms with E-state index in [0.717, 1.165) is 15.8 Å². The molecule has 3 nitrogen and oxygen atoms in total. The van der Waals surface area contributed by atoms with Gasteiger partial charge in [-0.25, -0.2) is 0 Å². The van der Waals surface area contributed by atoms with Crippen LogP contribution in [0.5, 0.6) is 0 Å². The van der Waals surface area contributed by atoms with Crippen LogP contribution in [-0.4, -0.2) is 14.5 Å². The molecule has 0 amide bonds. The molecule has 4 heteroatoms. The highest BCUT2D eigenvalue weighted by molar-refractivity contribution is 7.71. The monoisotopic (exact) mass is 165 g/mol. The fourth-order valence-corrected chi connectivity index (χ4v) is 1.28. The van der Waals surface area contributed by atoms with Gasteiger partial charge < -0.3 is 9.55 Å². The van der Waals surface area contributed by atoms with E-state index >= 15 is 0 Å². The number of nitrogens with zero attached hydrogens (tertiary/aromatic N) is 2. The number of fused-ring (bicyclic) bond motifs is 1. The third-order valence-corrected chi connectivity index (χ3v) is 2.08. The van der Waals surface area contributed by atoms with Gasteiger partial charge in [0.05, 0.1) is 17.2 Å². The topological polar surface area (TPSA) is 33.6 Å². The molecule has 0 spiro atoms. The zero-order chi connectivity index (χ0) is 7.84. The van der Waals surface area contributed by atoms with Crippen molar-refractivity contribution in [3.63, 3.8) is 0 Å². The first-order valence-corrected chi connectivity index (χ1v) is 3.68. The van der Waals surface area contributed by atoms with Crippen molar-refractivity contribution in [3.05, 3.63) is 23.2 Å². The molecular weight excluding hydrogens is 158 g/mol. The largest absolute Gasteiger partial charge is 0.330 e. The van der Waals surface area contributed by atoms with Gasteiger partial charge in [-0.2, -0.15) is 0 Å². The van der Waals surface area contributed by atoms with E-state index in [9.17, 15) is 0 Å². The molecule has 0 unspecified atom stereocenters. The van der Waals surface area contributed by atoms with Crippen molar-refractivity contribution in [1.29, 1.82) is 0 Å². The number of aromatic nitrogens is 3. The van der Waals surface area contributed by atoms with Gasteiger partial charge >= 0.3 is 0 Å². The standard InChI is InChI=1S/C7H7N3S/c1-10-6-4-8-3-2-5(6)9-7(10)11/h2-4H,1H3,(H,9,11). The minimum Gasteiger partial charge on any atom is -0.330 e. The maximum absolute atomic E-state index is 5.03. The predicted molar refractivity (Wildman–Crippen MR) is 45.9 cm³/mol. The molecule has 2 aromatic heterocycles. The first-order valence-electron chi connectivity index (χ1n) is 3.28. The van der Waals surface area contributed by atoms with Crippen LogP contribution in [0, 0.1) is 4.77 Å². The van der Waals surface area contributed by atoms with Crippen molar-refractivity contribution in [2.45, 2.75) is 0 Å². The summed E-state index contributed by atoms with van der Waals surface area (Å²) in [6.07, 6.45) is 3.54. The summed E-state index contributed by atoms with van der Waals surface area (Å²) in [7, 11) is 1.92. The van der Waals surface area contributed by atoms with Crippen LogP contribution in [0.1, 0.15) is 0 Å². The number of hydrogen-bond donors (Lipinski definition) is 1. The third kappa shape index (κ3) is 0.867. The van der Waals surface area contributed by atoms with Gasteiger partial charge in [0.1, 0.15) is 0 Å². The van der Waals surface area contributed by atoms with E-state index in [1.165, 1.54) is 0 Å². The maximum Gasteiger partial charge on any atom is 0.177 e. The lowest BCUT2D eigenvalue weighted by Gasteiger charge is -1.90. The summed E-state index contributed by atoms with van der Waals surface area (Å²) in [6.45, 7) is 0. The van der Waals surface area contributed by atoms with Crippen LogP contribution < -0.4 is 0 Å². The van der Waals surface area contributed by atoms with Crippen LogP contribution in [0.15, 0.2) is 18.5 Å². The lowest BCUT2D eigenvalue weighted by molar-refractivity contribution is 0.924. The van der Waals surface area contributed by atoms with Crippen LogP contribution in [0.3, 0.4) is 0 Å². The number of nitrogens with one attached hydrogen (secondary N) is 1. The Balaban J connectivity index is 3.04. The number of H-pyrrole nitrogens is 1. The van der Waals surface area contributed by atoms with Gasteiger partial charge in [-0.05, 0) is 18.3 Å². The molecule has 0 fully saturated rings. The van der Waals surface area contributed by atoms with Gasteiger partial charge in [-0.15, -0.1) is 0 Å². The molecular formula is C7H7N3S. The average Bonchev–Trinajstić information content (AvgIpc) is 2.30. The maximum atomic E-state index is 5.03. The molecule has 2 rings (SSSR count). The fraction of sp³-hybridized carbons (Fsp3) is 0.143. The number of aryl methyl sites for hydroxylation is 1. The van der Waals surface area contributed by atoms with E-state index in [1.807, 2.05) is 17.7 Å². The summed E-state index contributed by atoms with van der Waals surface area (Å²) < 4.78 is 2.63. The molecule has 0 bridgehead atoms. The van der Waals surface area contributed by atoms with E-state index in [1.54, 1.807) is 12.4 Å².